The number of aromatic carboxylic acids is 2. The van der Waals surface area contributed by atoms with Crippen molar-refractivity contribution in [1.29, 1.82) is 0 Å². The van der Waals surface area contributed by atoms with Crippen molar-refractivity contribution < 1.29 is 38.5 Å². The third-order valence-electron chi connectivity index (χ3n) is 17.0. The summed E-state index contributed by atoms with van der Waals surface area (Å²) < 4.78 is 27.2. The van der Waals surface area contributed by atoms with E-state index in [4.69, 9.17) is 18.7 Å². The number of carboxylic acids is 2. The second-order valence-electron chi connectivity index (χ2n) is 22.8. The van der Waals surface area contributed by atoms with Gasteiger partial charge in [-0.1, -0.05) is 81.6 Å². The highest BCUT2D eigenvalue weighted by Crippen LogP contribution is 2.46. The fourth-order valence-electron chi connectivity index (χ4n) is 12.8. The number of carboxylic acid groups (broad SMARTS) is 2. The summed E-state index contributed by atoms with van der Waals surface area (Å²) in [6.07, 6.45) is 9.40. The number of hydrogen-bond donors (Lipinski definition) is 3. The molecule has 12 heteroatoms. The Morgan fingerprint density at radius 2 is 0.989 bits per heavy atom. The Labute approximate surface area is 527 Å². The van der Waals surface area contributed by atoms with E-state index in [0.717, 1.165) is 131 Å². The lowest BCUT2D eigenvalue weighted by molar-refractivity contribution is 0.0686. The van der Waals surface area contributed by atoms with Crippen molar-refractivity contribution >= 4 is 67.2 Å². The summed E-state index contributed by atoms with van der Waals surface area (Å²) in [5.74, 6) is 2.80. The molecule has 4 heterocycles. The van der Waals surface area contributed by atoms with Crippen LogP contribution in [0.1, 0.15) is 110 Å². The molecule has 0 saturated carbocycles. The summed E-state index contributed by atoms with van der Waals surface area (Å²) in [6.45, 7) is 8.21. The Bertz CT molecular complexity index is 4700. The Morgan fingerprint density at radius 1 is 0.522 bits per heavy atom. The largest absolute Gasteiger partial charge is 0.497 e. The van der Waals surface area contributed by atoms with Crippen LogP contribution in [-0.2, 0) is 32.4 Å². The van der Waals surface area contributed by atoms with Crippen molar-refractivity contribution in [3.8, 4) is 50.7 Å². The highest BCUT2D eigenvalue weighted by Gasteiger charge is 2.28. The average molecular weight is 1210 g/mol. The van der Waals surface area contributed by atoms with E-state index in [1.165, 1.54) is 65.9 Å². The molecule has 0 amide bonds. The lowest BCUT2D eigenvalue weighted by Crippen LogP contribution is -2.21. The Balaban J connectivity index is 0.000000170. The molecule has 0 saturated heterocycles. The monoisotopic (exact) mass is 1200 g/mol. The zero-order valence-electron chi connectivity index (χ0n) is 51.5. The maximum atomic E-state index is 11.6. The molecular formula is C78H84N4O8+2. The molecule has 2 aromatic heterocycles. The van der Waals surface area contributed by atoms with Gasteiger partial charge in [-0.05, 0) is 183 Å². The van der Waals surface area contributed by atoms with Crippen LogP contribution in [0.15, 0.2) is 179 Å². The number of ether oxygens (including phenoxy) is 1. The van der Waals surface area contributed by atoms with Crippen molar-refractivity contribution in [2.75, 3.05) is 41.9 Å². The molecule has 0 spiro atoms. The van der Waals surface area contributed by atoms with E-state index in [1.807, 2.05) is 58.5 Å². The molecule has 8 aromatic rings. The van der Waals surface area contributed by atoms with Crippen LogP contribution in [-0.4, -0.2) is 78.3 Å². The van der Waals surface area contributed by atoms with Crippen molar-refractivity contribution in [2.24, 2.45) is 0 Å². The van der Waals surface area contributed by atoms with Gasteiger partial charge < -0.3 is 38.0 Å². The Kier molecular flexibility index (Phi) is 20.2. The van der Waals surface area contributed by atoms with Crippen molar-refractivity contribution in [1.82, 2.24) is 18.3 Å². The number of aliphatic hydroxyl groups excluding tert-OH is 1. The van der Waals surface area contributed by atoms with Gasteiger partial charge >= 0.3 is 11.9 Å². The standard InChI is InChI=1S/C37H32N2O3.C22H21NO3.C15H15NO.C2H6O.2CH4/c1-4-39-32-11-6-5-9-28(32)31-21-23(12-19-33(31)39)20-26-8-7-10-30-35(24-13-15-25(16-14-24)37(40)41)29-18-17-27(38(2)3)22-34(29)42-36(26)30;1-23(2)16-11-12-18-20(13-16)26-19-6-4-3-5-17(19)21(18)14-7-9-15(10-8-14)22(24)25;1-3-16-14-7-5-4-6-12(14)13-10-11(17-2)8-9-15(13)16;1-2-3;;/h5-6,9,11-22H,4,7-8,10H2,1-3H3;7-13H,3-6H2,1-2H3;4-10H,3H2,1-2H3;3H,2H2,1H3;2*1H4/p+2. The van der Waals surface area contributed by atoms with Gasteiger partial charge in [0, 0.05) is 98.6 Å². The molecule has 12 nitrogen and oxygen atoms in total. The summed E-state index contributed by atoms with van der Waals surface area (Å²) in [4.78, 5) is 22.7. The number of hydrogen-bond acceptors (Lipinski definition) is 6. The van der Waals surface area contributed by atoms with E-state index in [9.17, 15) is 19.8 Å². The van der Waals surface area contributed by atoms with Gasteiger partial charge in [-0.25, -0.2) is 18.7 Å². The summed E-state index contributed by atoms with van der Waals surface area (Å²) in [7, 11) is 9.81. The highest BCUT2D eigenvalue weighted by atomic mass is 16.5. The van der Waals surface area contributed by atoms with Crippen LogP contribution in [0.25, 0.3) is 100 Å². The van der Waals surface area contributed by atoms with Crippen molar-refractivity contribution in [2.45, 2.75) is 93.7 Å². The zero-order valence-corrected chi connectivity index (χ0v) is 51.5. The minimum Gasteiger partial charge on any atom is -0.497 e. The lowest BCUT2D eigenvalue weighted by Gasteiger charge is -2.25. The second-order valence-corrected chi connectivity index (χ2v) is 22.8. The second kappa shape index (κ2) is 28.1. The van der Waals surface area contributed by atoms with Gasteiger partial charge in [0.15, 0.2) is 0 Å². The number of para-hydroxylation sites is 2. The predicted octanol–water partition coefficient (Wildman–Crippen LogP) is 16.5. The van der Waals surface area contributed by atoms with Crippen LogP contribution < -0.4 is 24.6 Å². The summed E-state index contributed by atoms with van der Waals surface area (Å²) in [5, 5.41) is 33.5. The first-order valence-corrected chi connectivity index (χ1v) is 30.5. The number of allylic oxidation sites excluding steroid dienone is 1. The molecule has 462 valence electrons. The van der Waals surface area contributed by atoms with Gasteiger partial charge in [0.25, 0.3) is 0 Å². The predicted molar refractivity (Wildman–Crippen MR) is 370 cm³/mol. The van der Waals surface area contributed by atoms with Gasteiger partial charge in [0.2, 0.25) is 10.7 Å². The minimum atomic E-state index is -0.920. The van der Waals surface area contributed by atoms with Crippen LogP contribution in [0.4, 0.5) is 0 Å². The number of benzene rings is 8. The molecule has 0 bridgehead atoms. The number of carbonyl (C=O) groups is 2. The first-order valence-electron chi connectivity index (χ1n) is 30.5. The summed E-state index contributed by atoms with van der Waals surface area (Å²) >= 11 is 0. The van der Waals surface area contributed by atoms with Crippen molar-refractivity contribution in [3.63, 3.8) is 0 Å². The SMILES string of the molecule is C.C.CCO.CCn1c2ccccc2c2cc(/C=C3\CCCc4c3oc3cc(=[N+](C)C)ccc-3c4-c3ccc(C(=O)O)cc3)ccc21.CCn1c2ccccc2c2cc(OC)ccc21.C[N+](C)=c1ccc2c(-c3ccc(C(=O)O)cc3)c3c(oc-2c1)CCCC3. The Hall–Kier alpha value is -9.78. The number of rotatable bonds is 8. The fraction of sp³-hybridized carbons (Fsp3) is 0.256. The van der Waals surface area contributed by atoms with E-state index in [-0.39, 0.29) is 27.0 Å². The van der Waals surface area contributed by atoms with Gasteiger partial charge in [-0.2, -0.15) is 0 Å². The van der Waals surface area contributed by atoms with Crippen LogP contribution in [0, 0.1) is 0 Å². The molecule has 0 unspecified atom stereocenters. The molecule has 0 radical (unpaired) electrons. The molecular weight excluding hydrogens is 1120 g/mol. The number of methoxy groups -OCH3 is 1. The number of aryl methyl sites for hydroxylation is 3. The quantitative estimate of drug-likeness (QED) is 0.128. The molecule has 14 rings (SSSR count). The third kappa shape index (κ3) is 12.8. The normalized spacial score (nSPS) is 12.8. The number of nitrogens with zero attached hydrogens (tertiary/aromatic N) is 4. The van der Waals surface area contributed by atoms with Gasteiger partial charge in [-0.3, -0.25) is 0 Å². The fourth-order valence-corrected chi connectivity index (χ4v) is 12.8. The minimum absolute atomic E-state index is 0. The lowest BCUT2D eigenvalue weighted by atomic mass is 9.83. The highest BCUT2D eigenvalue weighted by molar-refractivity contribution is 6.10. The van der Waals surface area contributed by atoms with E-state index in [0.29, 0.717) is 5.56 Å². The molecule has 4 aliphatic carbocycles. The van der Waals surface area contributed by atoms with Gasteiger partial charge in [0.1, 0.15) is 57.0 Å². The third-order valence-corrected chi connectivity index (χ3v) is 17.0. The van der Waals surface area contributed by atoms with E-state index in [2.05, 4.69) is 153 Å². The number of fused-ring (bicyclic) bond motifs is 10. The molecule has 0 atom stereocenters. The average Bonchev–Trinajstić information content (AvgIpc) is 0.913. The van der Waals surface area contributed by atoms with E-state index in [1.54, 1.807) is 38.3 Å². The Morgan fingerprint density at radius 3 is 1.50 bits per heavy atom. The van der Waals surface area contributed by atoms with Crippen molar-refractivity contribution in [3.05, 3.63) is 220 Å². The smallest absolute Gasteiger partial charge is 0.335 e. The zero-order chi connectivity index (χ0) is 61.8. The van der Waals surface area contributed by atoms with E-state index < -0.39 is 11.9 Å². The van der Waals surface area contributed by atoms with Crippen LogP contribution in [0.5, 0.6) is 5.75 Å². The number of aromatic nitrogens is 2. The molecule has 3 N–H and O–H groups in total. The maximum absolute atomic E-state index is 11.6. The summed E-state index contributed by atoms with van der Waals surface area (Å²) in [5.41, 5.74) is 17.0. The van der Waals surface area contributed by atoms with Crippen LogP contribution >= 0.6 is 0 Å². The van der Waals surface area contributed by atoms with Gasteiger partial charge in [0.05, 0.1) is 30.4 Å². The maximum Gasteiger partial charge on any atom is 0.335 e. The molecule has 90 heavy (non-hydrogen) atoms. The van der Waals surface area contributed by atoms with Gasteiger partial charge in [-0.15, -0.1) is 0 Å². The molecule has 2 aliphatic heterocycles. The molecule has 0 fully saturated rings. The molecule has 6 aliphatic rings. The number of aliphatic hydroxyl groups is 1. The first-order chi connectivity index (χ1) is 42.7. The first kappa shape index (κ1) is 64.7. The topological polar surface area (TPSA) is 146 Å². The van der Waals surface area contributed by atoms with E-state index >= 15 is 0 Å². The molecule has 6 aromatic carbocycles. The summed E-state index contributed by atoms with van der Waals surface area (Å²) in [6, 6.07) is 57.2. The van der Waals surface area contributed by atoms with Crippen LogP contribution in [0.3, 0.4) is 0 Å². The van der Waals surface area contributed by atoms with Crippen LogP contribution in [0.2, 0.25) is 0 Å².